The van der Waals surface area contributed by atoms with Crippen LogP contribution in [0.2, 0.25) is 0 Å². The molecular formula is C14H13NO6. The molecule has 0 spiro atoms. The highest BCUT2D eigenvalue weighted by molar-refractivity contribution is 6.00. The van der Waals surface area contributed by atoms with E-state index in [-0.39, 0.29) is 11.4 Å². The van der Waals surface area contributed by atoms with Gasteiger partial charge in [0.05, 0.1) is 38.5 Å². The molecule has 2 aromatic heterocycles. The molecule has 0 radical (unpaired) electrons. The first-order valence-corrected chi connectivity index (χ1v) is 5.92. The summed E-state index contributed by atoms with van der Waals surface area (Å²) < 4.78 is 19.7. The summed E-state index contributed by atoms with van der Waals surface area (Å²) in [4.78, 5) is 27.2. The average Bonchev–Trinajstić information content (AvgIpc) is 2.98. The van der Waals surface area contributed by atoms with Gasteiger partial charge in [-0.15, -0.1) is 0 Å². The van der Waals surface area contributed by atoms with Crippen LogP contribution in [0.3, 0.4) is 0 Å². The minimum Gasteiger partial charge on any atom is -0.495 e. The van der Waals surface area contributed by atoms with E-state index in [1.165, 1.54) is 33.7 Å². The van der Waals surface area contributed by atoms with Gasteiger partial charge < -0.3 is 18.6 Å². The number of furan rings is 1. The van der Waals surface area contributed by atoms with Crippen molar-refractivity contribution in [1.82, 2.24) is 4.98 Å². The number of hydrogen-bond acceptors (Lipinski definition) is 7. The number of esters is 2. The van der Waals surface area contributed by atoms with E-state index in [0.29, 0.717) is 16.7 Å². The maximum atomic E-state index is 11.9. The summed E-state index contributed by atoms with van der Waals surface area (Å²) in [5.41, 5.74) is 0.531. The molecule has 0 aliphatic rings. The van der Waals surface area contributed by atoms with Gasteiger partial charge in [-0.05, 0) is 12.1 Å². The van der Waals surface area contributed by atoms with Crippen molar-refractivity contribution in [3.8, 4) is 5.75 Å². The predicted molar refractivity (Wildman–Crippen MR) is 73.0 cm³/mol. The summed E-state index contributed by atoms with van der Waals surface area (Å²) in [6.07, 6.45) is 3.98. The summed E-state index contributed by atoms with van der Waals surface area (Å²) in [6.45, 7) is 0. The van der Waals surface area contributed by atoms with Crippen LogP contribution in [0.5, 0.6) is 5.75 Å². The molecule has 0 fully saturated rings. The molecule has 0 N–H and O–H groups in total. The molecule has 2 heterocycles. The van der Waals surface area contributed by atoms with Crippen molar-refractivity contribution in [1.29, 1.82) is 0 Å². The van der Waals surface area contributed by atoms with Crippen LogP contribution in [0.4, 0.5) is 0 Å². The van der Waals surface area contributed by atoms with Gasteiger partial charge in [-0.1, -0.05) is 0 Å². The summed E-state index contributed by atoms with van der Waals surface area (Å²) in [7, 11) is 3.93. The van der Waals surface area contributed by atoms with E-state index in [9.17, 15) is 9.59 Å². The first-order chi connectivity index (χ1) is 10.1. The highest BCUT2D eigenvalue weighted by atomic mass is 16.5. The number of methoxy groups -OCH3 is 3. The zero-order valence-corrected chi connectivity index (χ0v) is 11.7. The maximum absolute atomic E-state index is 11.9. The van der Waals surface area contributed by atoms with Crippen LogP contribution in [0.25, 0.3) is 17.2 Å². The second-order valence-corrected chi connectivity index (χ2v) is 3.89. The predicted octanol–water partition coefficient (Wildman–Crippen LogP) is 1.81. The van der Waals surface area contributed by atoms with Gasteiger partial charge in [0.25, 0.3) is 0 Å². The molecule has 7 nitrogen and oxygen atoms in total. The molecule has 0 aliphatic carbocycles. The lowest BCUT2D eigenvalue weighted by Crippen LogP contribution is -2.08. The van der Waals surface area contributed by atoms with Crippen molar-refractivity contribution in [2.45, 2.75) is 0 Å². The van der Waals surface area contributed by atoms with Crippen molar-refractivity contribution in [2.75, 3.05) is 21.3 Å². The number of carbonyl (C=O) groups is 2. The van der Waals surface area contributed by atoms with E-state index in [1.807, 2.05) is 0 Å². The topological polar surface area (TPSA) is 87.9 Å². The Kier molecular flexibility index (Phi) is 4.22. The standard InChI is InChI=1S/C14H13NO6/c1-18-10(16)5-4-8-11(14(17)20-3)15-13-9(6-7-21-13)12(8)19-2/h4-7H,1-3H3/b5-4+. The fraction of sp³-hybridized carbons (Fsp3) is 0.214. The number of carbonyl (C=O) groups excluding carboxylic acids is 2. The lowest BCUT2D eigenvalue weighted by Gasteiger charge is -2.09. The molecule has 2 rings (SSSR count). The quantitative estimate of drug-likeness (QED) is 0.627. The Morgan fingerprint density at radius 2 is 2.00 bits per heavy atom. The van der Waals surface area contributed by atoms with Crippen LogP contribution < -0.4 is 4.74 Å². The third-order valence-electron chi connectivity index (χ3n) is 2.77. The second-order valence-electron chi connectivity index (χ2n) is 3.89. The highest BCUT2D eigenvalue weighted by Gasteiger charge is 2.21. The minimum atomic E-state index is -0.670. The zero-order chi connectivity index (χ0) is 15.4. The van der Waals surface area contributed by atoms with Crippen LogP contribution in [-0.4, -0.2) is 38.3 Å². The molecule has 7 heteroatoms. The third kappa shape index (κ3) is 2.71. The van der Waals surface area contributed by atoms with Crippen LogP contribution in [0.15, 0.2) is 22.8 Å². The summed E-state index contributed by atoms with van der Waals surface area (Å²) in [5, 5.41) is 0.578. The Labute approximate surface area is 120 Å². The second kappa shape index (κ2) is 6.08. The van der Waals surface area contributed by atoms with E-state index < -0.39 is 11.9 Å². The Bertz CT molecular complexity index is 716. The van der Waals surface area contributed by atoms with Crippen molar-refractivity contribution in [3.63, 3.8) is 0 Å². The number of aromatic nitrogens is 1. The van der Waals surface area contributed by atoms with Gasteiger partial charge in [0.2, 0.25) is 5.71 Å². The molecule has 110 valence electrons. The monoisotopic (exact) mass is 291 g/mol. The van der Waals surface area contributed by atoms with Gasteiger partial charge in [-0.25, -0.2) is 14.6 Å². The largest absolute Gasteiger partial charge is 0.495 e. The molecule has 2 aromatic rings. The highest BCUT2D eigenvalue weighted by Crippen LogP contribution is 2.32. The van der Waals surface area contributed by atoms with Crippen LogP contribution in [0, 0.1) is 0 Å². The molecule has 0 aliphatic heterocycles. The summed E-state index contributed by atoms with van der Waals surface area (Å²) in [5.74, 6) is -0.884. The summed E-state index contributed by atoms with van der Waals surface area (Å²) in [6, 6.07) is 1.65. The number of nitrogens with zero attached hydrogens (tertiary/aromatic N) is 1. The Morgan fingerprint density at radius 1 is 1.24 bits per heavy atom. The fourth-order valence-corrected chi connectivity index (χ4v) is 1.82. The molecule has 0 amide bonds. The first-order valence-electron chi connectivity index (χ1n) is 5.92. The van der Waals surface area contributed by atoms with Crippen molar-refractivity contribution < 1.29 is 28.2 Å². The van der Waals surface area contributed by atoms with Gasteiger partial charge >= 0.3 is 11.9 Å². The van der Waals surface area contributed by atoms with Crippen LogP contribution >= 0.6 is 0 Å². The van der Waals surface area contributed by atoms with Gasteiger partial charge in [-0.3, -0.25) is 0 Å². The SMILES string of the molecule is COC(=O)/C=C/c1c(C(=O)OC)nc2occc2c1OC. The lowest BCUT2D eigenvalue weighted by atomic mass is 10.1. The molecule has 0 bridgehead atoms. The zero-order valence-electron chi connectivity index (χ0n) is 11.7. The molecule has 0 saturated carbocycles. The molecular weight excluding hydrogens is 278 g/mol. The van der Waals surface area contributed by atoms with Crippen molar-refractivity contribution in [3.05, 3.63) is 29.7 Å². The number of pyridine rings is 1. The van der Waals surface area contributed by atoms with E-state index in [0.717, 1.165) is 6.08 Å². The van der Waals surface area contributed by atoms with Gasteiger partial charge in [-0.2, -0.15) is 0 Å². The molecule has 0 unspecified atom stereocenters. The molecule has 0 saturated heterocycles. The number of hydrogen-bond donors (Lipinski definition) is 0. The lowest BCUT2D eigenvalue weighted by molar-refractivity contribution is -0.134. The first kappa shape index (κ1) is 14.6. The average molecular weight is 291 g/mol. The summed E-state index contributed by atoms with van der Waals surface area (Å²) >= 11 is 0. The number of ether oxygens (including phenoxy) is 3. The maximum Gasteiger partial charge on any atom is 0.357 e. The third-order valence-corrected chi connectivity index (χ3v) is 2.77. The van der Waals surface area contributed by atoms with E-state index in [4.69, 9.17) is 9.15 Å². The van der Waals surface area contributed by atoms with Crippen molar-refractivity contribution in [2.24, 2.45) is 0 Å². The molecule has 0 aromatic carbocycles. The van der Waals surface area contributed by atoms with Gasteiger partial charge in [0.1, 0.15) is 5.75 Å². The normalized spacial score (nSPS) is 10.8. The number of fused-ring (bicyclic) bond motifs is 1. The minimum absolute atomic E-state index is 0.0167. The Morgan fingerprint density at radius 3 is 2.62 bits per heavy atom. The van der Waals surface area contributed by atoms with Crippen LogP contribution in [0.1, 0.15) is 16.1 Å². The van der Waals surface area contributed by atoms with E-state index >= 15 is 0 Å². The van der Waals surface area contributed by atoms with Crippen molar-refractivity contribution >= 4 is 29.1 Å². The Hall–Kier alpha value is -2.83. The number of rotatable bonds is 4. The van der Waals surface area contributed by atoms with Crippen LogP contribution in [-0.2, 0) is 14.3 Å². The van der Waals surface area contributed by atoms with E-state index in [1.54, 1.807) is 6.07 Å². The van der Waals surface area contributed by atoms with Gasteiger partial charge in [0, 0.05) is 6.08 Å². The Balaban J connectivity index is 2.70. The smallest absolute Gasteiger partial charge is 0.357 e. The van der Waals surface area contributed by atoms with E-state index in [2.05, 4.69) is 14.5 Å². The van der Waals surface area contributed by atoms with Gasteiger partial charge in [0.15, 0.2) is 5.69 Å². The fourth-order valence-electron chi connectivity index (χ4n) is 1.82. The molecule has 0 atom stereocenters. The molecule has 21 heavy (non-hydrogen) atoms.